The number of rotatable bonds is 4. The molecule has 1 atom stereocenters. The standard InChI is InChI=1S/C13H20N2O3/c1-9-12(13(16)17-3)6-11(18-9)8-15-5-4-10(7-15)14-2/h6,10,14H,4-5,7-8H2,1-3H3. The molecule has 2 heterocycles. The Morgan fingerprint density at radius 1 is 1.67 bits per heavy atom. The van der Waals surface area contributed by atoms with E-state index in [2.05, 4.69) is 10.2 Å². The Kier molecular flexibility index (Phi) is 4.04. The Balaban J connectivity index is 2.00. The van der Waals surface area contributed by atoms with Gasteiger partial charge in [0.25, 0.3) is 0 Å². The summed E-state index contributed by atoms with van der Waals surface area (Å²) in [6, 6.07) is 2.34. The Hall–Kier alpha value is -1.33. The lowest BCUT2D eigenvalue weighted by Gasteiger charge is -2.13. The number of ether oxygens (including phenoxy) is 1. The van der Waals surface area contributed by atoms with E-state index >= 15 is 0 Å². The average Bonchev–Trinajstić information content (AvgIpc) is 2.95. The summed E-state index contributed by atoms with van der Waals surface area (Å²) in [7, 11) is 3.37. The van der Waals surface area contributed by atoms with Gasteiger partial charge in [-0.25, -0.2) is 4.79 Å². The summed E-state index contributed by atoms with van der Waals surface area (Å²) >= 11 is 0. The summed E-state index contributed by atoms with van der Waals surface area (Å²) in [5.74, 6) is 1.11. The highest BCUT2D eigenvalue weighted by atomic mass is 16.5. The van der Waals surface area contributed by atoms with Gasteiger partial charge in [0, 0.05) is 19.1 Å². The Morgan fingerprint density at radius 2 is 2.44 bits per heavy atom. The number of likely N-dealkylation sites (N-methyl/N-ethyl adjacent to an activating group) is 1. The molecule has 0 aliphatic carbocycles. The minimum absolute atomic E-state index is 0.336. The summed E-state index contributed by atoms with van der Waals surface area (Å²) < 4.78 is 10.3. The molecule has 1 saturated heterocycles. The van der Waals surface area contributed by atoms with Gasteiger partial charge >= 0.3 is 5.97 Å². The number of furan rings is 1. The highest BCUT2D eigenvalue weighted by Crippen LogP contribution is 2.19. The normalized spacial score (nSPS) is 20.3. The molecule has 0 radical (unpaired) electrons. The second kappa shape index (κ2) is 5.54. The summed E-state index contributed by atoms with van der Waals surface area (Å²) in [6.45, 7) is 4.61. The monoisotopic (exact) mass is 252 g/mol. The smallest absolute Gasteiger partial charge is 0.341 e. The van der Waals surface area contributed by atoms with Crippen LogP contribution in [0.4, 0.5) is 0 Å². The van der Waals surface area contributed by atoms with Crippen molar-refractivity contribution in [1.29, 1.82) is 0 Å². The van der Waals surface area contributed by atoms with Gasteiger partial charge < -0.3 is 14.5 Å². The maximum absolute atomic E-state index is 11.5. The number of esters is 1. The largest absolute Gasteiger partial charge is 0.465 e. The van der Waals surface area contributed by atoms with Crippen LogP contribution in [0.3, 0.4) is 0 Å². The molecule has 2 rings (SSSR count). The lowest BCUT2D eigenvalue weighted by atomic mass is 10.2. The third-order valence-electron chi connectivity index (χ3n) is 3.43. The molecule has 5 nitrogen and oxygen atoms in total. The molecule has 1 aromatic heterocycles. The zero-order valence-corrected chi connectivity index (χ0v) is 11.2. The lowest BCUT2D eigenvalue weighted by Crippen LogP contribution is -2.29. The maximum atomic E-state index is 11.5. The molecule has 1 unspecified atom stereocenters. The molecule has 0 spiro atoms. The quantitative estimate of drug-likeness (QED) is 0.815. The van der Waals surface area contributed by atoms with Gasteiger partial charge in [0.05, 0.1) is 13.7 Å². The van der Waals surface area contributed by atoms with E-state index < -0.39 is 0 Å². The van der Waals surface area contributed by atoms with E-state index in [0.29, 0.717) is 17.4 Å². The topological polar surface area (TPSA) is 54.7 Å². The first-order valence-corrected chi connectivity index (χ1v) is 6.21. The van der Waals surface area contributed by atoms with Gasteiger partial charge in [-0.05, 0) is 26.5 Å². The fourth-order valence-electron chi connectivity index (χ4n) is 2.37. The summed E-state index contributed by atoms with van der Waals surface area (Å²) in [6.07, 6.45) is 1.15. The number of carbonyl (C=O) groups excluding carboxylic acids is 1. The summed E-state index contributed by atoms with van der Waals surface area (Å²) in [5, 5.41) is 3.28. The minimum Gasteiger partial charge on any atom is -0.465 e. The van der Waals surface area contributed by atoms with Crippen LogP contribution in [0.15, 0.2) is 10.5 Å². The molecule has 0 saturated carbocycles. The van der Waals surface area contributed by atoms with Gasteiger partial charge in [0.1, 0.15) is 17.1 Å². The third kappa shape index (κ3) is 2.73. The summed E-state index contributed by atoms with van der Waals surface area (Å²) in [4.78, 5) is 13.8. The molecular weight excluding hydrogens is 232 g/mol. The molecule has 5 heteroatoms. The average molecular weight is 252 g/mol. The molecule has 1 aromatic rings. The second-order valence-corrected chi connectivity index (χ2v) is 4.68. The van der Waals surface area contributed by atoms with Gasteiger partial charge in [0.15, 0.2) is 0 Å². The first kappa shape index (κ1) is 13.1. The van der Waals surface area contributed by atoms with E-state index in [1.54, 1.807) is 13.0 Å². The second-order valence-electron chi connectivity index (χ2n) is 4.68. The molecule has 0 amide bonds. The van der Waals surface area contributed by atoms with E-state index in [9.17, 15) is 4.79 Å². The van der Waals surface area contributed by atoms with Crippen LogP contribution in [0, 0.1) is 6.92 Å². The van der Waals surface area contributed by atoms with Crippen LogP contribution >= 0.6 is 0 Å². The Bertz CT molecular complexity index is 428. The van der Waals surface area contributed by atoms with Crippen LogP contribution in [0.5, 0.6) is 0 Å². The molecule has 1 N–H and O–H groups in total. The van der Waals surface area contributed by atoms with Crippen molar-refractivity contribution >= 4 is 5.97 Å². The van der Waals surface area contributed by atoms with Crippen molar-refractivity contribution in [2.24, 2.45) is 0 Å². The van der Waals surface area contributed by atoms with Crippen molar-refractivity contribution in [2.75, 3.05) is 27.2 Å². The van der Waals surface area contributed by atoms with Crippen molar-refractivity contribution < 1.29 is 13.9 Å². The zero-order chi connectivity index (χ0) is 13.1. The van der Waals surface area contributed by atoms with Crippen LogP contribution in [0.2, 0.25) is 0 Å². The number of aryl methyl sites for hydroxylation is 1. The van der Waals surface area contributed by atoms with Crippen molar-refractivity contribution in [3.8, 4) is 0 Å². The number of carbonyl (C=O) groups is 1. The fraction of sp³-hybridized carbons (Fsp3) is 0.615. The van der Waals surface area contributed by atoms with Gasteiger partial charge in [-0.2, -0.15) is 0 Å². The van der Waals surface area contributed by atoms with Gasteiger partial charge in [-0.15, -0.1) is 0 Å². The number of hydrogen-bond donors (Lipinski definition) is 1. The number of methoxy groups -OCH3 is 1. The summed E-state index contributed by atoms with van der Waals surface area (Å²) in [5.41, 5.74) is 0.525. The highest BCUT2D eigenvalue weighted by molar-refractivity contribution is 5.90. The first-order chi connectivity index (χ1) is 8.63. The van der Waals surface area contributed by atoms with E-state index in [-0.39, 0.29) is 5.97 Å². The molecule has 1 aliphatic heterocycles. The highest BCUT2D eigenvalue weighted by Gasteiger charge is 2.23. The number of nitrogens with zero attached hydrogens (tertiary/aromatic N) is 1. The molecule has 18 heavy (non-hydrogen) atoms. The van der Waals surface area contributed by atoms with E-state index in [1.807, 2.05) is 7.05 Å². The van der Waals surface area contributed by atoms with Crippen LogP contribution in [0.1, 0.15) is 28.3 Å². The first-order valence-electron chi connectivity index (χ1n) is 6.21. The molecule has 1 aliphatic rings. The van der Waals surface area contributed by atoms with Crippen molar-refractivity contribution in [3.63, 3.8) is 0 Å². The molecular formula is C13H20N2O3. The van der Waals surface area contributed by atoms with Crippen LogP contribution in [-0.4, -0.2) is 44.2 Å². The van der Waals surface area contributed by atoms with E-state index in [4.69, 9.17) is 9.15 Å². The molecule has 1 fully saturated rings. The Labute approximate surface area is 107 Å². The van der Waals surface area contributed by atoms with Crippen molar-refractivity contribution in [3.05, 3.63) is 23.2 Å². The third-order valence-corrected chi connectivity index (χ3v) is 3.43. The van der Waals surface area contributed by atoms with Crippen LogP contribution < -0.4 is 5.32 Å². The van der Waals surface area contributed by atoms with Crippen molar-refractivity contribution in [2.45, 2.75) is 25.9 Å². The number of likely N-dealkylation sites (tertiary alicyclic amines) is 1. The predicted octanol–water partition coefficient (Wildman–Crippen LogP) is 1.17. The van der Waals surface area contributed by atoms with E-state index in [0.717, 1.165) is 31.8 Å². The SMILES string of the molecule is CNC1CCN(Cc2cc(C(=O)OC)c(C)o2)C1. The lowest BCUT2D eigenvalue weighted by molar-refractivity contribution is 0.0599. The van der Waals surface area contributed by atoms with E-state index in [1.165, 1.54) is 7.11 Å². The maximum Gasteiger partial charge on any atom is 0.341 e. The van der Waals surface area contributed by atoms with Crippen LogP contribution in [-0.2, 0) is 11.3 Å². The number of nitrogens with one attached hydrogen (secondary N) is 1. The van der Waals surface area contributed by atoms with Gasteiger partial charge in [-0.3, -0.25) is 4.90 Å². The fourth-order valence-corrected chi connectivity index (χ4v) is 2.37. The van der Waals surface area contributed by atoms with Gasteiger partial charge in [0.2, 0.25) is 0 Å². The predicted molar refractivity (Wildman–Crippen MR) is 67.5 cm³/mol. The van der Waals surface area contributed by atoms with Crippen molar-refractivity contribution in [1.82, 2.24) is 10.2 Å². The number of hydrogen-bond acceptors (Lipinski definition) is 5. The molecule has 100 valence electrons. The molecule has 0 bridgehead atoms. The minimum atomic E-state index is -0.336. The van der Waals surface area contributed by atoms with Crippen LogP contribution in [0.25, 0.3) is 0 Å². The molecule has 0 aromatic carbocycles. The van der Waals surface area contributed by atoms with Gasteiger partial charge in [-0.1, -0.05) is 0 Å². The Morgan fingerprint density at radius 3 is 3.06 bits per heavy atom. The zero-order valence-electron chi connectivity index (χ0n) is 11.2.